The minimum Gasteiger partial charge on any atom is -0.246 e. The molecule has 0 unspecified atom stereocenters. The summed E-state index contributed by atoms with van der Waals surface area (Å²) in [6, 6.07) is 9.87. The minimum absolute atomic E-state index is 0.0830. The molecule has 0 N–H and O–H groups in total. The molecule has 0 atom stereocenters. The first-order valence-corrected chi connectivity index (χ1v) is 7.81. The first-order chi connectivity index (χ1) is 9.04. The summed E-state index contributed by atoms with van der Waals surface area (Å²) in [6.07, 6.45) is 3.08. The van der Waals surface area contributed by atoms with Crippen LogP contribution in [0.2, 0.25) is 0 Å². The molecule has 3 rings (SSSR count). The predicted molar refractivity (Wildman–Crippen MR) is 70.9 cm³/mol. The Bertz CT molecular complexity index is 675. The fourth-order valence-electron chi connectivity index (χ4n) is 2.05. The van der Waals surface area contributed by atoms with E-state index in [1.54, 1.807) is 4.68 Å². The van der Waals surface area contributed by atoms with Crippen LogP contribution in [0.1, 0.15) is 6.04 Å². The fourth-order valence-corrected chi connectivity index (χ4v) is 2.94. The highest BCUT2D eigenvalue weighted by molar-refractivity contribution is 7.88. The number of hydrogen-bond acceptors (Lipinski definition) is 4. The second-order valence-electron chi connectivity index (χ2n) is 4.68. The Balaban J connectivity index is 1.74. The lowest BCUT2D eigenvalue weighted by molar-refractivity contribution is 0.190. The Hall–Kier alpha value is -1.73. The van der Waals surface area contributed by atoms with Crippen LogP contribution in [0.15, 0.2) is 36.5 Å². The fraction of sp³-hybridized carbons (Fsp3) is 0.333. The zero-order chi connectivity index (χ0) is 13.5. The number of rotatable bonds is 3. The number of aromatic nitrogens is 3. The lowest BCUT2D eigenvalue weighted by Gasteiger charge is -2.36. The molecule has 100 valence electrons. The summed E-state index contributed by atoms with van der Waals surface area (Å²) >= 11 is 0. The SMILES string of the molecule is CS(=O)(=O)N1CC(n2cc(-c3ccccc3)nn2)C1. The lowest BCUT2D eigenvalue weighted by Crippen LogP contribution is -2.50. The van der Waals surface area contributed by atoms with E-state index in [-0.39, 0.29) is 6.04 Å². The maximum Gasteiger partial charge on any atom is 0.211 e. The highest BCUT2D eigenvalue weighted by atomic mass is 32.2. The third-order valence-corrected chi connectivity index (χ3v) is 4.49. The quantitative estimate of drug-likeness (QED) is 0.831. The molecule has 1 aromatic heterocycles. The molecule has 1 aromatic carbocycles. The van der Waals surface area contributed by atoms with E-state index in [2.05, 4.69) is 10.3 Å². The molecule has 2 heterocycles. The van der Waals surface area contributed by atoms with Crippen molar-refractivity contribution in [3.63, 3.8) is 0 Å². The van der Waals surface area contributed by atoms with Crippen molar-refractivity contribution in [1.82, 2.24) is 19.3 Å². The Labute approximate surface area is 111 Å². The third kappa shape index (κ3) is 2.39. The molecule has 1 saturated heterocycles. The maximum absolute atomic E-state index is 11.3. The zero-order valence-corrected chi connectivity index (χ0v) is 11.3. The van der Waals surface area contributed by atoms with Crippen LogP contribution < -0.4 is 0 Å². The van der Waals surface area contributed by atoms with Crippen molar-refractivity contribution < 1.29 is 8.42 Å². The normalized spacial score (nSPS) is 17.3. The Kier molecular flexibility index (Phi) is 2.87. The van der Waals surface area contributed by atoms with Crippen molar-refractivity contribution in [2.75, 3.05) is 19.3 Å². The van der Waals surface area contributed by atoms with Crippen molar-refractivity contribution in [1.29, 1.82) is 0 Å². The molecule has 0 bridgehead atoms. The summed E-state index contributed by atoms with van der Waals surface area (Å²) in [4.78, 5) is 0. The van der Waals surface area contributed by atoms with Gasteiger partial charge in [-0.1, -0.05) is 35.5 Å². The topological polar surface area (TPSA) is 68.1 Å². The first-order valence-electron chi connectivity index (χ1n) is 5.96. The van der Waals surface area contributed by atoms with E-state index < -0.39 is 10.0 Å². The van der Waals surface area contributed by atoms with Gasteiger partial charge in [-0.25, -0.2) is 13.1 Å². The maximum atomic E-state index is 11.3. The molecule has 2 aromatic rings. The van der Waals surface area contributed by atoms with Gasteiger partial charge in [-0.05, 0) is 0 Å². The first kappa shape index (κ1) is 12.3. The van der Waals surface area contributed by atoms with Gasteiger partial charge in [0.25, 0.3) is 0 Å². The number of benzene rings is 1. The van der Waals surface area contributed by atoms with Gasteiger partial charge >= 0.3 is 0 Å². The van der Waals surface area contributed by atoms with E-state index in [0.29, 0.717) is 13.1 Å². The monoisotopic (exact) mass is 278 g/mol. The Morgan fingerprint density at radius 2 is 1.89 bits per heavy atom. The van der Waals surface area contributed by atoms with E-state index in [4.69, 9.17) is 0 Å². The second-order valence-corrected chi connectivity index (χ2v) is 6.67. The van der Waals surface area contributed by atoms with Gasteiger partial charge in [-0.15, -0.1) is 5.10 Å². The molecule has 0 spiro atoms. The Morgan fingerprint density at radius 3 is 2.53 bits per heavy atom. The number of sulfonamides is 1. The molecule has 0 radical (unpaired) electrons. The lowest BCUT2D eigenvalue weighted by atomic mass is 10.1. The summed E-state index contributed by atoms with van der Waals surface area (Å²) in [5.41, 5.74) is 1.81. The van der Waals surface area contributed by atoms with E-state index in [1.165, 1.54) is 10.6 Å². The summed E-state index contributed by atoms with van der Waals surface area (Å²) in [5.74, 6) is 0. The summed E-state index contributed by atoms with van der Waals surface area (Å²) < 4.78 is 25.8. The molecule has 0 saturated carbocycles. The standard InChI is InChI=1S/C12H14N4O2S/c1-19(17,18)15-7-11(8-15)16-9-12(13-14-16)10-5-3-2-4-6-10/h2-6,9,11H,7-8H2,1H3. The molecule has 7 heteroatoms. The van der Waals surface area contributed by atoms with Gasteiger partial charge < -0.3 is 0 Å². The van der Waals surface area contributed by atoms with Gasteiger partial charge in [-0.3, -0.25) is 0 Å². The smallest absolute Gasteiger partial charge is 0.211 e. The average molecular weight is 278 g/mol. The number of hydrogen-bond donors (Lipinski definition) is 0. The highest BCUT2D eigenvalue weighted by Gasteiger charge is 2.35. The largest absolute Gasteiger partial charge is 0.246 e. The second kappa shape index (κ2) is 4.43. The van der Waals surface area contributed by atoms with Crippen molar-refractivity contribution in [3.8, 4) is 11.3 Å². The average Bonchev–Trinajstić information content (AvgIpc) is 2.75. The zero-order valence-electron chi connectivity index (χ0n) is 10.5. The molecular weight excluding hydrogens is 264 g/mol. The summed E-state index contributed by atoms with van der Waals surface area (Å²) in [5, 5.41) is 8.20. The molecule has 6 nitrogen and oxygen atoms in total. The van der Waals surface area contributed by atoms with Crippen molar-refractivity contribution in [2.24, 2.45) is 0 Å². The van der Waals surface area contributed by atoms with Crippen molar-refractivity contribution in [3.05, 3.63) is 36.5 Å². The van der Waals surface area contributed by atoms with Crippen LogP contribution in [0.4, 0.5) is 0 Å². The van der Waals surface area contributed by atoms with E-state index >= 15 is 0 Å². The number of nitrogens with zero attached hydrogens (tertiary/aromatic N) is 4. The summed E-state index contributed by atoms with van der Waals surface area (Å²) in [6.45, 7) is 0.937. The van der Waals surface area contributed by atoms with E-state index in [0.717, 1.165) is 11.3 Å². The van der Waals surface area contributed by atoms with Gasteiger partial charge in [0.2, 0.25) is 10.0 Å². The van der Waals surface area contributed by atoms with E-state index in [1.807, 2.05) is 36.5 Å². The van der Waals surface area contributed by atoms with Crippen LogP contribution in [-0.2, 0) is 10.0 Å². The molecule has 1 aliphatic heterocycles. The van der Waals surface area contributed by atoms with Crippen molar-refractivity contribution >= 4 is 10.0 Å². The van der Waals surface area contributed by atoms with Crippen LogP contribution in [0.25, 0.3) is 11.3 Å². The molecule has 0 amide bonds. The Morgan fingerprint density at radius 1 is 1.21 bits per heavy atom. The molecular formula is C12H14N4O2S. The predicted octanol–water partition coefficient (Wildman–Crippen LogP) is 0.761. The minimum atomic E-state index is -3.08. The van der Waals surface area contributed by atoms with Crippen molar-refractivity contribution in [2.45, 2.75) is 6.04 Å². The van der Waals surface area contributed by atoms with Crippen LogP contribution in [-0.4, -0.2) is 47.1 Å². The van der Waals surface area contributed by atoms with Gasteiger partial charge in [0.1, 0.15) is 5.69 Å². The van der Waals surface area contributed by atoms with Crippen LogP contribution >= 0.6 is 0 Å². The molecule has 0 aliphatic carbocycles. The van der Waals surface area contributed by atoms with Crippen LogP contribution in [0, 0.1) is 0 Å². The van der Waals surface area contributed by atoms with Gasteiger partial charge in [0, 0.05) is 18.7 Å². The van der Waals surface area contributed by atoms with Gasteiger partial charge in [0.15, 0.2) is 0 Å². The molecule has 1 fully saturated rings. The molecule has 1 aliphatic rings. The van der Waals surface area contributed by atoms with Crippen LogP contribution in [0.3, 0.4) is 0 Å². The van der Waals surface area contributed by atoms with Crippen LogP contribution in [0.5, 0.6) is 0 Å². The third-order valence-electron chi connectivity index (χ3n) is 3.25. The molecule has 19 heavy (non-hydrogen) atoms. The van der Waals surface area contributed by atoms with Gasteiger partial charge in [-0.2, -0.15) is 4.31 Å². The van der Waals surface area contributed by atoms with E-state index in [9.17, 15) is 8.42 Å². The summed E-state index contributed by atoms with van der Waals surface area (Å²) in [7, 11) is -3.08. The highest BCUT2D eigenvalue weighted by Crippen LogP contribution is 2.24. The van der Waals surface area contributed by atoms with Gasteiger partial charge in [0.05, 0.1) is 18.5 Å².